The number of Topliss-reactive ketones (excluding diaryl/α,β-unsaturated/α-hetero) is 1. The molecule has 1 heterocycles. The van der Waals surface area contributed by atoms with E-state index in [2.05, 4.69) is 0 Å². The van der Waals surface area contributed by atoms with Crippen molar-refractivity contribution >= 4 is 11.5 Å². The van der Waals surface area contributed by atoms with E-state index in [9.17, 15) is 19.7 Å². The van der Waals surface area contributed by atoms with Crippen LogP contribution in [0.2, 0.25) is 0 Å². The fourth-order valence-corrected chi connectivity index (χ4v) is 1.11. The average molecular weight is 224 g/mol. The third-order valence-corrected chi connectivity index (χ3v) is 2.14. The molecule has 0 radical (unpaired) electrons. The Bertz CT molecular complexity index is 476. The van der Waals surface area contributed by atoms with Crippen molar-refractivity contribution in [2.24, 2.45) is 5.92 Å². The normalized spacial score (nSPS) is 10.4. The van der Waals surface area contributed by atoms with Crippen LogP contribution in [0.25, 0.3) is 0 Å². The van der Waals surface area contributed by atoms with Crippen LogP contribution in [0.3, 0.4) is 0 Å². The van der Waals surface area contributed by atoms with Gasteiger partial charge >= 0.3 is 5.69 Å². The first-order chi connectivity index (χ1) is 7.41. The van der Waals surface area contributed by atoms with Gasteiger partial charge in [0.05, 0.1) is 17.7 Å². The quantitative estimate of drug-likeness (QED) is 0.563. The number of pyridine rings is 1. The Morgan fingerprint density at radius 2 is 2.19 bits per heavy atom. The molecule has 1 aromatic rings. The maximum Gasteiger partial charge on any atom is 0.332 e. The van der Waals surface area contributed by atoms with E-state index in [1.807, 2.05) is 0 Å². The molecule has 0 saturated carbocycles. The van der Waals surface area contributed by atoms with Crippen molar-refractivity contribution in [2.45, 2.75) is 20.4 Å². The highest BCUT2D eigenvalue weighted by atomic mass is 16.6. The van der Waals surface area contributed by atoms with Crippen LogP contribution in [0, 0.1) is 16.0 Å². The Kier molecular flexibility index (Phi) is 3.55. The van der Waals surface area contributed by atoms with Gasteiger partial charge in [-0.15, -0.1) is 0 Å². The number of hydrogen-bond donors (Lipinski definition) is 0. The van der Waals surface area contributed by atoms with Crippen molar-refractivity contribution in [3.63, 3.8) is 0 Å². The lowest BCUT2D eigenvalue weighted by atomic mass is 10.1. The van der Waals surface area contributed by atoms with Gasteiger partial charge in [0.1, 0.15) is 0 Å². The molecule has 6 nitrogen and oxygen atoms in total. The van der Waals surface area contributed by atoms with Gasteiger partial charge in [0.2, 0.25) is 0 Å². The highest BCUT2D eigenvalue weighted by Gasteiger charge is 2.13. The minimum atomic E-state index is -0.751. The van der Waals surface area contributed by atoms with Crippen LogP contribution in [0.4, 0.5) is 5.69 Å². The van der Waals surface area contributed by atoms with Gasteiger partial charge in [0, 0.05) is 18.2 Å². The van der Waals surface area contributed by atoms with Crippen LogP contribution in [0.1, 0.15) is 13.8 Å². The summed E-state index contributed by atoms with van der Waals surface area (Å²) in [5.74, 6) is -0.184. The number of rotatable bonds is 4. The average Bonchev–Trinajstić information content (AvgIpc) is 2.20. The van der Waals surface area contributed by atoms with E-state index in [0.717, 1.165) is 12.3 Å². The van der Waals surface area contributed by atoms with Crippen LogP contribution in [0.5, 0.6) is 0 Å². The lowest BCUT2D eigenvalue weighted by Gasteiger charge is -2.06. The lowest BCUT2D eigenvalue weighted by molar-refractivity contribution is -0.386. The first kappa shape index (κ1) is 12.1. The zero-order chi connectivity index (χ0) is 12.3. The maximum atomic E-state index is 11.4. The molecule has 0 N–H and O–H groups in total. The zero-order valence-corrected chi connectivity index (χ0v) is 9.04. The second-order valence-electron chi connectivity index (χ2n) is 3.74. The summed E-state index contributed by atoms with van der Waals surface area (Å²) in [7, 11) is 0. The van der Waals surface area contributed by atoms with E-state index in [1.54, 1.807) is 13.8 Å². The van der Waals surface area contributed by atoms with Crippen molar-refractivity contribution in [3.8, 4) is 0 Å². The molecule has 0 aromatic carbocycles. The summed E-state index contributed by atoms with van der Waals surface area (Å²) in [5, 5.41) is 10.5. The van der Waals surface area contributed by atoms with Gasteiger partial charge in [-0.1, -0.05) is 13.8 Å². The minimum Gasteiger partial charge on any atom is -0.341 e. The number of nitrogens with zero attached hydrogens (tertiary/aromatic N) is 2. The third kappa shape index (κ3) is 2.75. The second-order valence-corrected chi connectivity index (χ2v) is 3.74. The van der Waals surface area contributed by atoms with Gasteiger partial charge in [0.15, 0.2) is 5.78 Å². The van der Waals surface area contributed by atoms with E-state index >= 15 is 0 Å². The summed E-state index contributed by atoms with van der Waals surface area (Å²) in [6, 6.07) is 1.09. The first-order valence-electron chi connectivity index (χ1n) is 4.79. The van der Waals surface area contributed by atoms with E-state index < -0.39 is 16.0 Å². The predicted octanol–water partition coefficient (Wildman–Crippen LogP) is 0.982. The van der Waals surface area contributed by atoms with Crippen molar-refractivity contribution in [2.75, 3.05) is 0 Å². The Morgan fingerprint density at radius 1 is 1.56 bits per heavy atom. The van der Waals surface area contributed by atoms with E-state index in [4.69, 9.17) is 0 Å². The van der Waals surface area contributed by atoms with Crippen molar-refractivity contribution in [1.82, 2.24) is 4.57 Å². The number of carbonyl (C=O) groups excluding carboxylic acids is 1. The van der Waals surface area contributed by atoms with Crippen LogP contribution < -0.4 is 5.43 Å². The molecular formula is C10H12N2O4. The summed E-state index contributed by atoms with van der Waals surface area (Å²) >= 11 is 0. The third-order valence-electron chi connectivity index (χ3n) is 2.14. The Morgan fingerprint density at radius 3 is 2.69 bits per heavy atom. The standard InChI is InChI=1S/C10H12N2O4/c1-7(2)10(14)6-11-4-3-9(13)8(5-11)12(15)16/h3-5,7H,6H2,1-2H3. The topological polar surface area (TPSA) is 82.2 Å². The van der Waals surface area contributed by atoms with Crippen molar-refractivity contribution in [1.29, 1.82) is 0 Å². The monoisotopic (exact) mass is 224 g/mol. The summed E-state index contributed by atoms with van der Waals surface area (Å²) in [4.78, 5) is 32.3. The van der Waals surface area contributed by atoms with Gasteiger partial charge in [-0.3, -0.25) is 19.7 Å². The molecule has 0 aliphatic carbocycles. The van der Waals surface area contributed by atoms with E-state index in [0.29, 0.717) is 0 Å². The highest BCUT2D eigenvalue weighted by molar-refractivity contribution is 5.80. The predicted molar refractivity (Wildman–Crippen MR) is 57.2 cm³/mol. The van der Waals surface area contributed by atoms with Crippen LogP contribution in [-0.2, 0) is 11.3 Å². The molecule has 0 saturated heterocycles. The van der Waals surface area contributed by atoms with Crippen LogP contribution in [-0.4, -0.2) is 15.3 Å². The molecule has 0 aliphatic heterocycles. The molecule has 0 atom stereocenters. The molecular weight excluding hydrogens is 212 g/mol. The van der Waals surface area contributed by atoms with Gasteiger partial charge in [-0.2, -0.15) is 0 Å². The second kappa shape index (κ2) is 4.69. The van der Waals surface area contributed by atoms with Gasteiger partial charge in [0.25, 0.3) is 5.43 Å². The fraction of sp³-hybridized carbons (Fsp3) is 0.400. The number of hydrogen-bond acceptors (Lipinski definition) is 4. The summed E-state index contributed by atoms with van der Waals surface area (Å²) in [6.07, 6.45) is 2.46. The highest BCUT2D eigenvalue weighted by Crippen LogP contribution is 2.04. The Labute approximate surface area is 91.7 Å². The van der Waals surface area contributed by atoms with Gasteiger partial charge in [-0.25, -0.2) is 0 Å². The van der Waals surface area contributed by atoms with Gasteiger partial charge < -0.3 is 4.57 Å². The molecule has 0 unspecified atom stereocenters. The van der Waals surface area contributed by atoms with E-state index in [1.165, 1.54) is 10.8 Å². The molecule has 16 heavy (non-hydrogen) atoms. The summed E-state index contributed by atoms with van der Waals surface area (Å²) in [6.45, 7) is 3.54. The largest absolute Gasteiger partial charge is 0.341 e. The minimum absolute atomic E-state index is 0.0405. The van der Waals surface area contributed by atoms with Crippen LogP contribution >= 0.6 is 0 Å². The molecule has 0 amide bonds. The number of ketones is 1. The van der Waals surface area contributed by atoms with Crippen molar-refractivity contribution in [3.05, 3.63) is 38.8 Å². The Hall–Kier alpha value is -1.98. The zero-order valence-electron chi connectivity index (χ0n) is 9.04. The van der Waals surface area contributed by atoms with Gasteiger partial charge in [-0.05, 0) is 0 Å². The fourth-order valence-electron chi connectivity index (χ4n) is 1.11. The number of nitro groups is 1. The molecule has 6 heteroatoms. The molecule has 1 rings (SSSR count). The van der Waals surface area contributed by atoms with Crippen molar-refractivity contribution < 1.29 is 9.72 Å². The number of aromatic nitrogens is 1. The Balaban J connectivity index is 3.00. The molecule has 86 valence electrons. The molecule has 0 spiro atoms. The summed E-state index contributed by atoms with van der Waals surface area (Å²) < 4.78 is 1.35. The molecule has 0 fully saturated rings. The lowest BCUT2D eigenvalue weighted by Crippen LogP contribution is -2.18. The molecule has 0 aliphatic rings. The summed E-state index contributed by atoms with van der Waals surface area (Å²) in [5.41, 5.74) is -1.17. The van der Waals surface area contributed by atoms with Crippen LogP contribution in [0.15, 0.2) is 23.3 Å². The SMILES string of the molecule is CC(C)C(=O)Cn1ccc(=O)c([N+](=O)[O-])c1. The smallest absolute Gasteiger partial charge is 0.332 e. The van der Waals surface area contributed by atoms with E-state index in [-0.39, 0.29) is 18.2 Å². The number of carbonyl (C=O) groups is 1. The molecule has 1 aromatic heterocycles. The first-order valence-corrected chi connectivity index (χ1v) is 4.79. The molecule has 0 bridgehead atoms. The maximum absolute atomic E-state index is 11.4.